The van der Waals surface area contributed by atoms with E-state index in [1.165, 1.54) is 18.6 Å². The topological polar surface area (TPSA) is 92.5 Å². The number of sulfonamides is 1. The highest BCUT2D eigenvalue weighted by Gasteiger charge is 2.23. The Bertz CT molecular complexity index is 633. The number of nitrogens with two attached hydrogens (primary N) is 1. The zero-order valence-corrected chi connectivity index (χ0v) is 14.5. The fourth-order valence-electron chi connectivity index (χ4n) is 3.18. The van der Waals surface area contributed by atoms with Crippen molar-refractivity contribution in [2.45, 2.75) is 31.7 Å². The number of amides is 1. The third kappa shape index (κ3) is 5.60. The van der Waals surface area contributed by atoms with Crippen molar-refractivity contribution in [3.05, 3.63) is 29.8 Å². The lowest BCUT2D eigenvalue weighted by atomic mass is 9.92. The maximum absolute atomic E-state index is 12.1. The zero-order valence-electron chi connectivity index (χ0n) is 13.7. The van der Waals surface area contributed by atoms with E-state index in [9.17, 15) is 13.2 Å². The molecule has 1 saturated heterocycles. The average molecular weight is 339 g/mol. The van der Waals surface area contributed by atoms with Crippen LogP contribution >= 0.6 is 0 Å². The summed E-state index contributed by atoms with van der Waals surface area (Å²) in [6, 6.07) is 6.21. The first-order valence-corrected chi connectivity index (χ1v) is 9.39. The van der Waals surface area contributed by atoms with Crippen molar-refractivity contribution in [1.82, 2.24) is 10.2 Å². The molecule has 2 atom stereocenters. The molecule has 0 radical (unpaired) electrons. The van der Waals surface area contributed by atoms with Crippen LogP contribution in [0.4, 0.5) is 0 Å². The van der Waals surface area contributed by atoms with E-state index in [1.54, 1.807) is 12.1 Å². The summed E-state index contributed by atoms with van der Waals surface area (Å²) in [6.45, 7) is 7.13. The maximum Gasteiger partial charge on any atom is 0.238 e. The number of rotatable bonds is 5. The number of nitrogens with zero attached hydrogens (tertiary/aromatic N) is 1. The van der Waals surface area contributed by atoms with Crippen LogP contribution in [-0.2, 0) is 21.4 Å². The number of hydrogen-bond acceptors (Lipinski definition) is 4. The molecule has 1 aromatic rings. The molecule has 2 rings (SSSR count). The van der Waals surface area contributed by atoms with Crippen molar-refractivity contribution < 1.29 is 13.2 Å². The first-order valence-electron chi connectivity index (χ1n) is 7.85. The first-order chi connectivity index (χ1) is 10.7. The number of benzene rings is 1. The van der Waals surface area contributed by atoms with Crippen LogP contribution < -0.4 is 10.5 Å². The van der Waals surface area contributed by atoms with E-state index in [0.717, 1.165) is 18.7 Å². The summed E-state index contributed by atoms with van der Waals surface area (Å²) in [4.78, 5) is 14.3. The van der Waals surface area contributed by atoms with Crippen LogP contribution in [0.3, 0.4) is 0 Å². The van der Waals surface area contributed by atoms with Crippen LogP contribution in [0.5, 0.6) is 0 Å². The Morgan fingerprint density at radius 3 is 2.30 bits per heavy atom. The summed E-state index contributed by atoms with van der Waals surface area (Å²) < 4.78 is 22.4. The molecule has 0 spiro atoms. The highest BCUT2D eigenvalue weighted by atomic mass is 32.2. The second-order valence-corrected chi connectivity index (χ2v) is 8.17. The molecule has 1 amide bonds. The van der Waals surface area contributed by atoms with Crippen molar-refractivity contribution in [1.29, 1.82) is 0 Å². The van der Waals surface area contributed by atoms with Crippen LogP contribution in [0.1, 0.15) is 25.8 Å². The van der Waals surface area contributed by atoms with Gasteiger partial charge in [-0.1, -0.05) is 26.0 Å². The molecule has 6 nitrogen and oxygen atoms in total. The van der Waals surface area contributed by atoms with Gasteiger partial charge in [0, 0.05) is 19.6 Å². The summed E-state index contributed by atoms with van der Waals surface area (Å²) in [6.07, 6.45) is 1.22. The largest absolute Gasteiger partial charge is 0.351 e. The molecule has 1 aromatic carbocycles. The van der Waals surface area contributed by atoms with E-state index >= 15 is 0 Å². The molecule has 0 bridgehead atoms. The number of piperidine rings is 1. The molecular weight excluding hydrogens is 314 g/mol. The summed E-state index contributed by atoms with van der Waals surface area (Å²) in [5.41, 5.74) is 0.839. The molecule has 0 aromatic heterocycles. The molecule has 3 N–H and O–H groups in total. The summed E-state index contributed by atoms with van der Waals surface area (Å²) >= 11 is 0. The minimum absolute atomic E-state index is 0.0122. The monoisotopic (exact) mass is 339 g/mol. The summed E-state index contributed by atoms with van der Waals surface area (Å²) in [7, 11) is -3.67. The average Bonchev–Trinajstić information content (AvgIpc) is 2.43. The lowest BCUT2D eigenvalue weighted by Crippen LogP contribution is -2.44. The van der Waals surface area contributed by atoms with E-state index in [0.29, 0.717) is 24.9 Å². The molecule has 1 fully saturated rings. The Morgan fingerprint density at radius 2 is 1.78 bits per heavy atom. The van der Waals surface area contributed by atoms with Gasteiger partial charge in [0.2, 0.25) is 15.9 Å². The van der Waals surface area contributed by atoms with Gasteiger partial charge in [0.05, 0.1) is 11.4 Å². The van der Waals surface area contributed by atoms with Crippen molar-refractivity contribution in [3.63, 3.8) is 0 Å². The fourth-order valence-corrected chi connectivity index (χ4v) is 3.69. The number of likely N-dealkylation sites (tertiary alicyclic amines) is 1. The predicted octanol–water partition coefficient (Wildman–Crippen LogP) is 0.928. The Labute approximate surface area is 138 Å². The summed E-state index contributed by atoms with van der Waals surface area (Å²) in [5, 5.41) is 7.93. The van der Waals surface area contributed by atoms with Gasteiger partial charge in [-0.2, -0.15) is 0 Å². The van der Waals surface area contributed by atoms with Gasteiger partial charge < -0.3 is 5.32 Å². The molecule has 128 valence electrons. The minimum atomic E-state index is -3.67. The predicted molar refractivity (Wildman–Crippen MR) is 89.0 cm³/mol. The molecule has 0 saturated carbocycles. The van der Waals surface area contributed by atoms with E-state index in [4.69, 9.17) is 5.14 Å². The third-order valence-electron chi connectivity index (χ3n) is 4.05. The van der Waals surface area contributed by atoms with E-state index < -0.39 is 10.0 Å². The number of carbonyl (C=O) groups excluding carboxylic acids is 1. The zero-order chi connectivity index (χ0) is 17.0. The Morgan fingerprint density at radius 1 is 1.22 bits per heavy atom. The van der Waals surface area contributed by atoms with Gasteiger partial charge in [-0.15, -0.1) is 0 Å². The SMILES string of the molecule is CC1CC(C)CN(CC(=O)NCc2ccc(S(N)(=O)=O)cc2)C1. The van der Waals surface area contributed by atoms with Crippen LogP contribution in [0, 0.1) is 11.8 Å². The van der Waals surface area contributed by atoms with Gasteiger partial charge in [0.15, 0.2) is 0 Å². The smallest absolute Gasteiger partial charge is 0.238 e. The summed E-state index contributed by atoms with van der Waals surface area (Å²) in [5.74, 6) is 1.23. The van der Waals surface area contributed by atoms with Crippen molar-refractivity contribution in [2.24, 2.45) is 17.0 Å². The van der Waals surface area contributed by atoms with Crippen LogP contribution in [0.15, 0.2) is 29.2 Å². The van der Waals surface area contributed by atoms with Gasteiger partial charge in [-0.25, -0.2) is 13.6 Å². The number of hydrogen-bond donors (Lipinski definition) is 2. The Hall–Kier alpha value is -1.44. The normalized spacial score (nSPS) is 22.7. The third-order valence-corrected chi connectivity index (χ3v) is 4.98. The second-order valence-electron chi connectivity index (χ2n) is 6.61. The van der Waals surface area contributed by atoms with E-state index in [-0.39, 0.29) is 10.8 Å². The fraction of sp³-hybridized carbons (Fsp3) is 0.562. The molecule has 0 aliphatic carbocycles. The van der Waals surface area contributed by atoms with E-state index in [2.05, 4.69) is 24.1 Å². The molecule has 7 heteroatoms. The Balaban J connectivity index is 1.82. The first kappa shape index (κ1) is 17.9. The number of primary sulfonamides is 1. The quantitative estimate of drug-likeness (QED) is 0.834. The molecule has 1 aliphatic heterocycles. The second kappa shape index (κ2) is 7.42. The lowest BCUT2D eigenvalue weighted by Gasteiger charge is -2.34. The van der Waals surface area contributed by atoms with Crippen molar-refractivity contribution in [3.8, 4) is 0 Å². The highest BCUT2D eigenvalue weighted by molar-refractivity contribution is 7.89. The standard InChI is InChI=1S/C16H25N3O3S/c1-12-7-13(2)10-19(9-12)11-16(20)18-8-14-3-5-15(6-4-14)23(17,21)22/h3-6,12-13H,7-11H2,1-2H3,(H,18,20)(H2,17,21,22). The maximum atomic E-state index is 12.1. The van der Waals surface area contributed by atoms with Gasteiger partial charge in [-0.05, 0) is 36.0 Å². The highest BCUT2D eigenvalue weighted by Crippen LogP contribution is 2.20. The molecule has 1 aliphatic rings. The molecule has 2 unspecified atom stereocenters. The lowest BCUT2D eigenvalue weighted by molar-refractivity contribution is -0.123. The molecule has 23 heavy (non-hydrogen) atoms. The van der Waals surface area contributed by atoms with Crippen molar-refractivity contribution >= 4 is 15.9 Å². The van der Waals surface area contributed by atoms with Gasteiger partial charge in [-0.3, -0.25) is 9.69 Å². The number of carbonyl (C=O) groups is 1. The minimum Gasteiger partial charge on any atom is -0.351 e. The number of nitrogens with one attached hydrogen (secondary N) is 1. The molecule has 1 heterocycles. The van der Waals surface area contributed by atoms with Crippen LogP contribution in [-0.4, -0.2) is 38.9 Å². The van der Waals surface area contributed by atoms with E-state index in [1.807, 2.05) is 0 Å². The van der Waals surface area contributed by atoms with Gasteiger partial charge in [0.1, 0.15) is 0 Å². The Kier molecular flexibility index (Phi) is 5.78. The van der Waals surface area contributed by atoms with Crippen LogP contribution in [0.2, 0.25) is 0 Å². The van der Waals surface area contributed by atoms with Gasteiger partial charge >= 0.3 is 0 Å². The van der Waals surface area contributed by atoms with Crippen LogP contribution in [0.25, 0.3) is 0 Å². The van der Waals surface area contributed by atoms with Crippen molar-refractivity contribution in [2.75, 3.05) is 19.6 Å². The molecular formula is C16H25N3O3S. The van der Waals surface area contributed by atoms with Gasteiger partial charge in [0.25, 0.3) is 0 Å².